The first kappa shape index (κ1) is 23.0. The van der Waals surface area contributed by atoms with Crippen LogP contribution < -0.4 is 10.1 Å². The number of carbonyl (C=O) groups is 1. The minimum Gasteiger partial charge on any atom is -0.457 e. The molecule has 5 nitrogen and oxygen atoms in total. The number of halogens is 1. The van der Waals surface area contributed by atoms with Crippen molar-refractivity contribution in [2.75, 3.05) is 11.9 Å². The maximum Gasteiger partial charge on any atom is 0.257 e. The molecule has 0 aliphatic carbocycles. The first-order valence-corrected chi connectivity index (χ1v) is 11.4. The molecule has 1 aliphatic heterocycles. The molecular formula is C26H24ClN3O2S. The maximum atomic E-state index is 12.8. The second-order valence-electron chi connectivity index (χ2n) is 7.73. The van der Waals surface area contributed by atoms with Crippen molar-refractivity contribution < 1.29 is 9.53 Å². The van der Waals surface area contributed by atoms with Gasteiger partial charge in [0.25, 0.3) is 5.91 Å². The lowest BCUT2D eigenvalue weighted by Gasteiger charge is -2.25. The molecule has 1 aliphatic rings. The van der Waals surface area contributed by atoms with Gasteiger partial charge in [0.1, 0.15) is 11.5 Å². The molecule has 1 N–H and O–H groups in total. The van der Waals surface area contributed by atoms with Gasteiger partial charge in [-0.2, -0.15) is 0 Å². The number of carbonyl (C=O) groups excluding carboxylic acids is 1. The van der Waals surface area contributed by atoms with Crippen molar-refractivity contribution in [3.63, 3.8) is 0 Å². The minimum atomic E-state index is -0.184. The van der Waals surface area contributed by atoms with Gasteiger partial charge < -0.3 is 4.74 Å². The van der Waals surface area contributed by atoms with Crippen LogP contribution in [0.2, 0.25) is 0 Å². The average molecular weight is 478 g/mol. The SMILES string of the molecule is Cl.O=C(Nc1nc2c(s1)CN(Cc1ccccc1)CC2)c1cccc(Oc2ccccc2)c1. The Hall–Kier alpha value is -3.19. The van der Waals surface area contributed by atoms with Crippen molar-refractivity contribution in [2.24, 2.45) is 0 Å². The predicted octanol–water partition coefficient (Wildman–Crippen LogP) is 6.17. The molecule has 0 fully saturated rings. The predicted molar refractivity (Wildman–Crippen MR) is 135 cm³/mol. The summed E-state index contributed by atoms with van der Waals surface area (Å²) in [5.41, 5.74) is 2.94. The first-order chi connectivity index (χ1) is 15.7. The number of aromatic nitrogens is 1. The van der Waals surface area contributed by atoms with Crippen molar-refractivity contribution in [3.05, 3.63) is 107 Å². The van der Waals surface area contributed by atoms with Crippen LogP contribution in [0.4, 0.5) is 5.13 Å². The Balaban J connectivity index is 0.00000259. The number of nitrogens with one attached hydrogen (secondary N) is 1. The van der Waals surface area contributed by atoms with Gasteiger partial charge in [-0.15, -0.1) is 23.7 Å². The molecule has 0 saturated heterocycles. The number of thiazole rings is 1. The Kier molecular flexibility index (Phi) is 7.40. The zero-order valence-electron chi connectivity index (χ0n) is 17.9. The number of hydrogen-bond donors (Lipinski definition) is 1. The monoisotopic (exact) mass is 477 g/mol. The lowest BCUT2D eigenvalue weighted by molar-refractivity contribution is 0.102. The number of benzene rings is 3. The molecule has 1 aromatic heterocycles. The summed E-state index contributed by atoms with van der Waals surface area (Å²) in [6, 6.07) is 27.2. The largest absolute Gasteiger partial charge is 0.457 e. The van der Waals surface area contributed by atoms with Crippen LogP contribution in [0.1, 0.15) is 26.5 Å². The highest BCUT2D eigenvalue weighted by molar-refractivity contribution is 7.15. The smallest absolute Gasteiger partial charge is 0.257 e. The van der Waals surface area contributed by atoms with Gasteiger partial charge in [0.2, 0.25) is 0 Å². The Morgan fingerprint density at radius 2 is 1.70 bits per heavy atom. The van der Waals surface area contributed by atoms with E-state index in [0.29, 0.717) is 16.4 Å². The molecule has 5 rings (SSSR count). The summed E-state index contributed by atoms with van der Waals surface area (Å²) >= 11 is 1.56. The molecule has 4 aromatic rings. The van der Waals surface area contributed by atoms with Crippen LogP contribution in [-0.4, -0.2) is 22.3 Å². The molecule has 0 unspecified atom stereocenters. The Bertz CT molecular complexity index is 1210. The van der Waals surface area contributed by atoms with Gasteiger partial charge in [0.15, 0.2) is 5.13 Å². The van der Waals surface area contributed by atoms with Gasteiger partial charge in [0.05, 0.1) is 5.69 Å². The zero-order valence-corrected chi connectivity index (χ0v) is 19.6. The quantitative estimate of drug-likeness (QED) is 0.361. The van der Waals surface area contributed by atoms with E-state index in [1.807, 2.05) is 48.5 Å². The highest BCUT2D eigenvalue weighted by Gasteiger charge is 2.21. The van der Waals surface area contributed by atoms with E-state index < -0.39 is 0 Å². The Morgan fingerprint density at radius 1 is 0.970 bits per heavy atom. The lowest BCUT2D eigenvalue weighted by atomic mass is 10.1. The zero-order chi connectivity index (χ0) is 21.8. The van der Waals surface area contributed by atoms with Gasteiger partial charge in [0, 0.05) is 36.5 Å². The minimum absolute atomic E-state index is 0. The van der Waals surface area contributed by atoms with E-state index in [0.717, 1.165) is 37.5 Å². The van der Waals surface area contributed by atoms with Gasteiger partial charge in [-0.3, -0.25) is 15.0 Å². The molecule has 7 heteroatoms. The molecule has 0 radical (unpaired) electrons. The number of para-hydroxylation sites is 1. The molecule has 0 saturated carbocycles. The van der Waals surface area contributed by atoms with E-state index >= 15 is 0 Å². The molecule has 0 spiro atoms. The molecular weight excluding hydrogens is 454 g/mol. The third-order valence-corrected chi connectivity index (χ3v) is 6.35. The van der Waals surface area contributed by atoms with Crippen LogP contribution >= 0.6 is 23.7 Å². The fraction of sp³-hybridized carbons (Fsp3) is 0.154. The van der Waals surface area contributed by atoms with Crippen LogP contribution in [-0.2, 0) is 19.5 Å². The van der Waals surface area contributed by atoms with E-state index in [4.69, 9.17) is 4.74 Å². The van der Waals surface area contributed by atoms with Crippen LogP contribution in [0.5, 0.6) is 11.5 Å². The summed E-state index contributed by atoms with van der Waals surface area (Å²) in [4.78, 5) is 21.2. The number of ether oxygens (including phenoxy) is 1. The van der Waals surface area contributed by atoms with Gasteiger partial charge in [-0.1, -0.05) is 54.6 Å². The maximum absolute atomic E-state index is 12.8. The Morgan fingerprint density at radius 3 is 2.48 bits per heavy atom. The molecule has 0 atom stereocenters. The van der Waals surface area contributed by atoms with E-state index in [-0.39, 0.29) is 18.3 Å². The van der Waals surface area contributed by atoms with Crippen molar-refractivity contribution in [1.29, 1.82) is 0 Å². The summed E-state index contributed by atoms with van der Waals surface area (Å²) in [6.45, 7) is 2.75. The van der Waals surface area contributed by atoms with E-state index in [1.165, 1.54) is 10.4 Å². The second-order valence-corrected chi connectivity index (χ2v) is 8.82. The van der Waals surface area contributed by atoms with Gasteiger partial charge in [-0.25, -0.2) is 4.98 Å². The molecule has 3 aromatic carbocycles. The lowest BCUT2D eigenvalue weighted by Crippen LogP contribution is -2.29. The van der Waals surface area contributed by atoms with Crippen LogP contribution in [0.15, 0.2) is 84.9 Å². The normalized spacial score (nSPS) is 13.0. The topological polar surface area (TPSA) is 54.5 Å². The van der Waals surface area contributed by atoms with Crippen LogP contribution in [0.25, 0.3) is 0 Å². The van der Waals surface area contributed by atoms with E-state index in [2.05, 4.69) is 39.5 Å². The van der Waals surface area contributed by atoms with Crippen LogP contribution in [0, 0.1) is 0 Å². The van der Waals surface area contributed by atoms with Crippen molar-refractivity contribution in [3.8, 4) is 11.5 Å². The fourth-order valence-corrected chi connectivity index (χ4v) is 4.82. The highest BCUT2D eigenvalue weighted by atomic mass is 35.5. The molecule has 168 valence electrons. The number of hydrogen-bond acceptors (Lipinski definition) is 5. The van der Waals surface area contributed by atoms with E-state index in [9.17, 15) is 4.79 Å². The number of anilines is 1. The van der Waals surface area contributed by atoms with Crippen LogP contribution in [0.3, 0.4) is 0 Å². The molecule has 2 heterocycles. The molecule has 0 bridgehead atoms. The Labute approximate surface area is 203 Å². The number of rotatable bonds is 6. The fourth-order valence-electron chi connectivity index (χ4n) is 3.77. The summed E-state index contributed by atoms with van der Waals surface area (Å²) in [5.74, 6) is 1.17. The first-order valence-electron chi connectivity index (χ1n) is 10.6. The van der Waals surface area contributed by atoms with Gasteiger partial charge in [-0.05, 0) is 35.9 Å². The number of amides is 1. The summed E-state index contributed by atoms with van der Waals surface area (Å²) in [5, 5.41) is 3.61. The van der Waals surface area contributed by atoms with Crippen molar-refractivity contribution >= 4 is 34.8 Å². The summed E-state index contributed by atoms with van der Waals surface area (Å²) < 4.78 is 5.85. The van der Waals surface area contributed by atoms with Crippen molar-refractivity contribution in [1.82, 2.24) is 9.88 Å². The summed E-state index contributed by atoms with van der Waals surface area (Å²) in [6.07, 6.45) is 0.898. The van der Waals surface area contributed by atoms with Crippen molar-refractivity contribution in [2.45, 2.75) is 19.5 Å². The molecule has 1 amide bonds. The molecule has 33 heavy (non-hydrogen) atoms. The summed E-state index contributed by atoms with van der Waals surface area (Å²) in [7, 11) is 0. The number of nitrogens with zero attached hydrogens (tertiary/aromatic N) is 2. The highest BCUT2D eigenvalue weighted by Crippen LogP contribution is 2.30. The van der Waals surface area contributed by atoms with Gasteiger partial charge >= 0.3 is 0 Å². The average Bonchev–Trinajstić information content (AvgIpc) is 3.22. The second kappa shape index (κ2) is 10.6. The third kappa shape index (κ3) is 5.79. The standard InChI is InChI=1S/C26H23N3O2S.ClH/c30-25(20-10-7-13-22(16-20)31-21-11-5-2-6-12-21)28-26-27-23-14-15-29(18-24(23)32-26)17-19-8-3-1-4-9-19;/h1-13,16H,14-15,17-18H2,(H,27,28,30);1H. The number of fused-ring (bicyclic) bond motifs is 1. The third-order valence-electron chi connectivity index (χ3n) is 5.35. The van der Waals surface area contributed by atoms with E-state index in [1.54, 1.807) is 23.5 Å².